The van der Waals surface area contributed by atoms with Crippen molar-refractivity contribution >= 4 is 11.9 Å². The third-order valence-corrected chi connectivity index (χ3v) is 3.54. The fourth-order valence-electron chi connectivity index (χ4n) is 2.36. The van der Waals surface area contributed by atoms with Crippen LogP contribution in [-0.2, 0) is 25.7 Å². The summed E-state index contributed by atoms with van der Waals surface area (Å²) in [5.74, 6) is -1.05. The van der Waals surface area contributed by atoms with Crippen LogP contribution in [0.1, 0.15) is 18.9 Å². The molecule has 1 amide bonds. The Morgan fingerprint density at radius 1 is 1.41 bits per heavy atom. The minimum absolute atomic E-state index is 0.0942. The van der Waals surface area contributed by atoms with Crippen LogP contribution in [-0.4, -0.2) is 53.8 Å². The zero-order chi connectivity index (χ0) is 15.9. The van der Waals surface area contributed by atoms with E-state index in [2.05, 4.69) is 0 Å². The molecular formula is C16H21NO5. The van der Waals surface area contributed by atoms with Crippen molar-refractivity contribution in [3.05, 3.63) is 35.9 Å². The van der Waals surface area contributed by atoms with E-state index >= 15 is 0 Å². The van der Waals surface area contributed by atoms with E-state index in [9.17, 15) is 9.59 Å². The highest BCUT2D eigenvalue weighted by atomic mass is 16.5. The lowest BCUT2D eigenvalue weighted by molar-refractivity contribution is -0.154. The molecule has 1 fully saturated rings. The van der Waals surface area contributed by atoms with Gasteiger partial charge in [0.1, 0.15) is 6.10 Å². The smallest absolute Gasteiger partial charge is 0.306 e. The maximum absolute atomic E-state index is 12.3. The Bertz CT molecular complexity index is 505. The van der Waals surface area contributed by atoms with Gasteiger partial charge in [-0.25, -0.2) is 0 Å². The molecule has 22 heavy (non-hydrogen) atoms. The van der Waals surface area contributed by atoms with Crippen LogP contribution in [0.4, 0.5) is 0 Å². The van der Waals surface area contributed by atoms with Gasteiger partial charge in [-0.15, -0.1) is 0 Å². The van der Waals surface area contributed by atoms with Gasteiger partial charge in [0.05, 0.1) is 25.7 Å². The highest BCUT2D eigenvalue weighted by Gasteiger charge is 2.28. The van der Waals surface area contributed by atoms with Crippen molar-refractivity contribution in [1.82, 2.24) is 4.90 Å². The molecule has 1 aromatic rings. The molecule has 2 atom stereocenters. The Morgan fingerprint density at radius 3 is 2.82 bits per heavy atom. The number of ether oxygens (including phenoxy) is 2. The molecule has 1 N–H and O–H groups in total. The van der Waals surface area contributed by atoms with Crippen LogP contribution in [0.3, 0.4) is 0 Å². The number of benzene rings is 1. The maximum atomic E-state index is 12.3. The Balaban J connectivity index is 1.83. The predicted molar refractivity (Wildman–Crippen MR) is 79.3 cm³/mol. The van der Waals surface area contributed by atoms with Gasteiger partial charge in [-0.05, 0) is 12.5 Å². The molecule has 6 nitrogen and oxygen atoms in total. The molecule has 0 unspecified atom stereocenters. The molecule has 0 aliphatic carbocycles. The third-order valence-electron chi connectivity index (χ3n) is 3.54. The minimum atomic E-state index is -0.923. The fourth-order valence-corrected chi connectivity index (χ4v) is 2.36. The van der Waals surface area contributed by atoms with E-state index in [1.807, 2.05) is 30.3 Å². The molecule has 6 heteroatoms. The first-order valence-electron chi connectivity index (χ1n) is 7.34. The third kappa shape index (κ3) is 4.82. The number of amides is 1. The van der Waals surface area contributed by atoms with E-state index in [0.717, 1.165) is 5.56 Å². The molecule has 0 radical (unpaired) electrons. The Morgan fingerprint density at radius 2 is 2.14 bits per heavy atom. The number of nitrogens with zero attached hydrogens (tertiary/aromatic N) is 1. The summed E-state index contributed by atoms with van der Waals surface area (Å²) in [6, 6.07) is 9.64. The van der Waals surface area contributed by atoms with Gasteiger partial charge in [0.25, 0.3) is 5.91 Å². The largest absolute Gasteiger partial charge is 0.481 e. The van der Waals surface area contributed by atoms with Crippen LogP contribution in [0.2, 0.25) is 0 Å². The first kappa shape index (κ1) is 16.5. The van der Waals surface area contributed by atoms with Crippen molar-refractivity contribution < 1.29 is 24.2 Å². The molecule has 1 heterocycles. The highest BCUT2D eigenvalue weighted by Crippen LogP contribution is 2.12. The minimum Gasteiger partial charge on any atom is -0.481 e. The van der Waals surface area contributed by atoms with Crippen LogP contribution < -0.4 is 0 Å². The lowest BCUT2D eigenvalue weighted by Crippen LogP contribution is -2.49. The number of rotatable bonds is 6. The second-order valence-corrected chi connectivity index (χ2v) is 5.31. The molecule has 1 aliphatic heterocycles. The van der Waals surface area contributed by atoms with Gasteiger partial charge >= 0.3 is 5.97 Å². The Kier molecular flexibility index (Phi) is 5.91. The first-order valence-corrected chi connectivity index (χ1v) is 7.34. The van der Waals surface area contributed by atoms with Crippen molar-refractivity contribution in [2.45, 2.75) is 32.2 Å². The molecule has 2 rings (SSSR count). The van der Waals surface area contributed by atoms with Gasteiger partial charge in [-0.2, -0.15) is 0 Å². The summed E-state index contributed by atoms with van der Waals surface area (Å²) < 4.78 is 11.0. The number of hydrogen-bond acceptors (Lipinski definition) is 4. The van der Waals surface area contributed by atoms with Gasteiger partial charge in [-0.1, -0.05) is 30.3 Å². The summed E-state index contributed by atoms with van der Waals surface area (Å²) in [7, 11) is 0. The molecule has 0 spiro atoms. The summed E-state index contributed by atoms with van der Waals surface area (Å²) in [4.78, 5) is 24.7. The molecular weight excluding hydrogens is 286 g/mol. The summed E-state index contributed by atoms with van der Waals surface area (Å²) in [6.45, 7) is 3.21. The van der Waals surface area contributed by atoms with Gasteiger partial charge in [-0.3, -0.25) is 9.59 Å². The molecule has 1 saturated heterocycles. The van der Waals surface area contributed by atoms with E-state index in [1.54, 1.807) is 11.8 Å². The maximum Gasteiger partial charge on any atom is 0.306 e. The fraction of sp³-hybridized carbons (Fsp3) is 0.500. The van der Waals surface area contributed by atoms with Crippen LogP contribution in [0.15, 0.2) is 30.3 Å². The van der Waals surface area contributed by atoms with Crippen molar-refractivity contribution in [3.63, 3.8) is 0 Å². The molecule has 120 valence electrons. The van der Waals surface area contributed by atoms with Crippen molar-refractivity contribution in [2.75, 3.05) is 19.7 Å². The summed E-state index contributed by atoms with van der Waals surface area (Å²) >= 11 is 0. The summed E-state index contributed by atoms with van der Waals surface area (Å²) in [5, 5.41) is 8.80. The lowest BCUT2D eigenvalue weighted by atomic mass is 10.2. The lowest BCUT2D eigenvalue weighted by Gasteiger charge is -2.33. The number of carboxylic acids is 1. The zero-order valence-electron chi connectivity index (χ0n) is 12.6. The number of carbonyl (C=O) groups excluding carboxylic acids is 1. The van der Waals surface area contributed by atoms with Crippen LogP contribution in [0.5, 0.6) is 0 Å². The average Bonchev–Trinajstić information content (AvgIpc) is 2.52. The number of carboxylic acid groups (broad SMARTS) is 1. The summed E-state index contributed by atoms with van der Waals surface area (Å²) in [6.07, 6.45) is -1.11. The Hall–Kier alpha value is -1.92. The van der Waals surface area contributed by atoms with E-state index < -0.39 is 18.2 Å². The van der Waals surface area contributed by atoms with E-state index in [4.69, 9.17) is 14.6 Å². The second kappa shape index (κ2) is 7.91. The highest BCUT2D eigenvalue weighted by molar-refractivity contribution is 5.80. The van der Waals surface area contributed by atoms with Crippen LogP contribution in [0.25, 0.3) is 0 Å². The second-order valence-electron chi connectivity index (χ2n) is 5.31. The SMILES string of the molecule is C[C@H](OCc1ccccc1)C(=O)N1CCO[C@@H](CC(=O)O)C1. The van der Waals surface area contributed by atoms with Crippen LogP contribution >= 0.6 is 0 Å². The van der Waals surface area contributed by atoms with Crippen molar-refractivity contribution in [3.8, 4) is 0 Å². The van der Waals surface area contributed by atoms with Gasteiger partial charge < -0.3 is 19.5 Å². The number of morpholine rings is 1. The molecule has 0 aromatic heterocycles. The van der Waals surface area contributed by atoms with E-state index in [1.165, 1.54) is 0 Å². The number of carbonyl (C=O) groups is 2. The van der Waals surface area contributed by atoms with E-state index in [0.29, 0.717) is 26.3 Å². The zero-order valence-corrected chi connectivity index (χ0v) is 12.6. The predicted octanol–water partition coefficient (Wildman–Crippen LogP) is 1.29. The van der Waals surface area contributed by atoms with Crippen molar-refractivity contribution in [2.24, 2.45) is 0 Å². The number of hydrogen-bond donors (Lipinski definition) is 1. The first-order chi connectivity index (χ1) is 10.6. The molecule has 0 saturated carbocycles. The van der Waals surface area contributed by atoms with Crippen molar-refractivity contribution in [1.29, 1.82) is 0 Å². The van der Waals surface area contributed by atoms with Gasteiger partial charge in [0.2, 0.25) is 0 Å². The van der Waals surface area contributed by atoms with E-state index in [-0.39, 0.29) is 12.3 Å². The topological polar surface area (TPSA) is 76.1 Å². The standard InChI is InChI=1S/C16H21NO5/c1-12(22-11-13-5-3-2-4-6-13)16(20)17-7-8-21-14(10-17)9-15(18)19/h2-6,12,14H,7-11H2,1H3,(H,18,19)/t12-,14-/m0/s1. The quantitative estimate of drug-likeness (QED) is 0.857. The average molecular weight is 307 g/mol. The normalized spacial score (nSPS) is 19.7. The van der Waals surface area contributed by atoms with Gasteiger partial charge in [0.15, 0.2) is 0 Å². The monoisotopic (exact) mass is 307 g/mol. The number of aliphatic carboxylic acids is 1. The molecule has 1 aromatic carbocycles. The summed E-state index contributed by atoms with van der Waals surface area (Å²) in [5.41, 5.74) is 1.01. The van der Waals surface area contributed by atoms with Gasteiger partial charge in [0, 0.05) is 13.1 Å². The van der Waals surface area contributed by atoms with Crippen LogP contribution in [0, 0.1) is 0 Å². The molecule has 1 aliphatic rings. The molecule has 0 bridgehead atoms. The Labute approximate surface area is 129 Å².